The third-order valence-corrected chi connectivity index (χ3v) is 4.59. The molecule has 1 aromatic carbocycles. The van der Waals surface area contributed by atoms with E-state index in [4.69, 9.17) is 4.74 Å². The van der Waals surface area contributed by atoms with Crippen molar-refractivity contribution >= 4 is 41.3 Å². The van der Waals surface area contributed by atoms with Crippen LogP contribution in [0, 0.1) is 5.92 Å². The summed E-state index contributed by atoms with van der Waals surface area (Å²) >= 11 is 1.71. The lowest BCUT2D eigenvalue weighted by Gasteiger charge is -2.14. The summed E-state index contributed by atoms with van der Waals surface area (Å²) in [6, 6.07) is 10.3. The van der Waals surface area contributed by atoms with E-state index in [1.165, 1.54) is 18.4 Å². The van der Waals surface area contributed by atoms with Crippen LogP contribution in [-0.2, 0) is 13.1 Å². The van der Waals surface area contributed by atoms with Crippen LogP contribution in [0.4, 0.5) is 0 Å². The molecule has 4 nitrogen and oxygen atoms in total. The van der Waals surface area contributed by atoms with Crippen LogP contribution in [0.3, 0.4) is 0 Å². The van der Waals surface area contributed by atoms with Crippen LogP contribution >= 0.6 is 35.3 Å². The number of thiophene rings is 1. The summed E-state index contributed by atoms with van der Waals surface area (Å²) in [5.74, 6) is 2.53. The molecule has 0 aliphatic heterocycles. The Morgan fingerprint density at radius 1 is 1.21 bits per heavy atom. The highest BCUT2D eigenvalue weighted by atomic mass is 127. The number of guanidine groups is 1. The molecular formula is C18H24IN3OS. The largest absolute Gasteiger partial charge is 0.493 e. The molecule has 24 heavy (non-hydrogen) atoms. The molecule has 1 aliphatic rings. The maximum atomic E-state index is 5.95. The average Bonchev–Trinajstić information content (AvgIpc) is 3.27. The predicted octanol–water partition coefficient (Wildman–Crippen LogP) is 4.02. The summed E-state index contributed by atoms with van der Waals surface area (Å²) in [6.07, 6.45) is 2.61. The van der Waals surface area contributed by atoms with Crippen LogP contribution in [-0.4, -0.2) is 19.6 Å². The van der Waals surface area contributed by atoms with Crippen molar-refractivity contribution in [2.45, 2.75) is 25.9 Å². The number of ether oxygens (including phenoxy) is 1. The van der Waals surface area contributed by atoms with Gasteiger partial charge in [-0.05, 0) is 47.2 Å². The van der Waals surface area contributed by atoms with Gasteiger partial charge in [-0.3, -0.25) is 4.99 Å². The van der Waals surface area contributed by atoms with Crippen molar-refractivity contribution in [1.29, 1.82) is 0 Å². The average molecular weight is 457 g/mol. The molecule has 130 valence electrons. The predicted molar refractivity (Wildman–Crippen MR) is 111 cm³/mol. The summed E-state index contributed by atoms with van der Waals surface area (Å²) < 4.78 is 5.95. The van der Waals surface area contributed by atoms with Crippen LogP contribution in [0.5, 0.6) is 5.75 Å². The minimum absolute atomic E-state index is 0. The Bertz CT molecular complexity index is 641. The van der Waals surface area contributed by atoms with Crippen molar-refractivity contribution in [3.05, 3.63) is 52.2 Å². The maximum absolute atomic E-state index is 5.95. The fraction of sp³-hybridized carbons (Fsp3) is 0.389. The van der Waals surface area contributed by atoms with E-state index in [0.29, 0.717) is 6.54 Å². The summed E-state index contributed by atoms with van der Waals surface area (Å²) in [5.41, 5.74) is 2.43. The summed E-state index contributed by atoms with van der Waals surface area (Å²) in [4.78, 5) is 4.27. The fourth-order valence-corrected chi connectivity index (χ4v) is 2.93. The molecule has 0 unspecified atom stereocenters. The number of aliphatic imine (C=N–C) groups is 1. The Labute approximate surface area is 164 Å². The third kappa shape index (κ3) is 5.98. The first-order valence-electron chi connectivity index (χ1n) is 8.01. The molecule has 1 heterocycles. The van der Waals surface area contributed by atoms with Crippen molar-refractivity contribution in [1.82, 2.24) is 10.6 Å². The number of rotatable bonds is 7. The van der Waals surface area contributed by atoms with Gasteiger partial charge in [-0.15, -0.1) is 24.0 Å². The first kappa shape index (κ1) is 19.1. The Hall–Kier alpha value is -1.28. The fourth-order valence-electron chi connectivity index (χ4n) is 2.26. The van der Waals surface area contributed by atoms with Crippen molar-refractivity contribution in [2.75, 3.05) is 13.7 Å². The van der Waals surface area contributed by atoms with Gasteiger partial charge in [0.05, 0.1) is 6.61 Å². The van der Waals surface area contributed by atoms with Gasteiger partial charge in [0.15, 0.2) is 5.96 Å². The van der Waals surface area contributed by atoms with Gasteiger partial charge >= 0.3 is 0 Å². The SMILES string of the molecule is CN=C(NCc1ccsc1)NCc1ccccc1OCC1CC1.I. The Morgan fingerprint density at radius 3 is 2.71 bits per heavy atom. The van der Waals surface area contributed by atoms with Crippen LogP contribution < -0.4 is 15.4 Å². The minimum Gasteiger partial charge on any atom is -0.493 e. The van der Waals surface area contributed by atoms with Gasteiger partial charge in [0.25, 0.3) is 0 Å². The highest BCUT2D eigenvalue weighted by molar-refractivity contribution is 14.0. The van der Waals surface area contributed by atoms with Crippen molar-refractivity contribution in [2.24, 2.45) is 10.9 Å². The molecule has 0 spiro atoms. The number of hydrogen-bond donors (Lipinski definition) is 2. The minimum atomic E-state index is 0. The number of para-hydroxylation sites is 1. The molecule has 2 N–H and O–H groups in total. The Kier molecular flexibility index (Phi) is 7.84. The second-order valence-electron chi connectivity index (χ2n) is 5.77. The van der Waals surface area contributed by atoms with Gasteiger partial charge in [0, 0.05) is 25.7 Å². The van der Waals surface area contributed by atoms with E-state index in [1.807, 2.05) is 18.2 Å². The molecule has 6 heteroatoms. The van der Waals surface area contributed by atoms with E-state index < -0.39 is 0 Å². The standard InChI is InChI=1S/C18H23N3OS.HI/c1-19-18(20-10-15-8-9-23-13-15)21-11-16-4-2-3-5-17(16)22-12-14-6-7-14;/h2-5,8-9,13-14H,6-7,10-12H2,1H3,(H2,19,20,21);1H. The molecule has 1 aromatic heterocycles. The second-order valence-corrected chi connectivity index (χ2v) is 6.55. The van der Waals surface area contributed by atoms with Crippen LogP contribution in [0.1, 0.15) is 24.0 Å². The van der Waals surface area contributed by atoms with E-state index in [9.17, 15) is 0 Å². The normalized spacial score (nSPS) is 14.0. The highest BCUT2D eigenvalue weighted by Gasteiger charge is 2.22. The van der Waals surface area contributed by atoms with E-state index in [2.05, 4.69) is 38.5 Å². The van der Waals surface area contributed by atoms with Crippen LogP contribution in [0.25, 0.3) is 0 Å². The first-order valence-corrected chi connectivity index (χ1v) is 8.95. The molecule has 3 rings (SSSR count). The van der Waals surface area contributed by atoms with Crippen LogP contribution in [0.2, 0.25) is 0 Å². The number of benzene rings is 1. The van der Waals surface area contributed by atoms with E-state index in [-0.39, 0.29) is 24.0 Å². The number of nitrogens with one attached hydrogen (secondary N) is 2. The molecule has 0 radical (unpaired) electrons. The monoisotopic (exact) mass is 457 g/mol. The summed E-state index contributed by atoms with van der Waals surface area (Å²) in [7, 11) is 1.79. The quantitative estimate of drug-likeness (QED) is 0.375. The number of nitrogens with zero attached hydrogens (tertiary/aromatic N) is 1. The molecule has 1 saturated carbocycles. The zero-order chi connectivity index (χ0) is 15.9. The molecule has 0 bridgehead atoms. The van der Waals surface area contributed by atoms with Gasteiger partial charge in [0.1, 0.15) is 5.75 Å². The molecule has 0 saturated heterocycles. The lowest BCUT2D eigenvalue weighted by Crippen LogP contribution is -2.36. The number of hydrogen-bond acceptors (Lipinski definition) is 3. The summed E-state index contributed by atoms with van der Waals surface area (Å²) in [5, 5.41) is 10.9. The topological polar surface area (TPSA) is 45.7 Å². The van der Waals surface area contributed by atoms with E-state index in [1.54, 1.807) is 18.4 Å². The van der Waals surface area contributed by atoms with Crippen molar-refractivity contribution < 1.29 is 4.74 Å². The Morgan fingerprint density at radius 2 is 2.00 bits per heavy atom. The molecule has 0 atom stereocenters. The molecule has 2 aromatic rings. The van der Waals surface area contributed by atoms with Gasteiger partial charge in [-0.1, -0.05) is 18.2 Å². The van der Waals surface area contributed by atoms with Gasteiger partial charge in [-0.2, -0.15) is 11.3 Å². The van der Waals surface area contributed by atoms with Gasteiger partial charge < -0.3 is 15.4 Å². The first-order chi connectivity index (χ1) is 11.3. The van der Waals surface area contributed by atoms with E-state index >= 15 is 0 Å². The highest BCUT2D eigenvalue weighted by Crippen LogP contribution is 2.30. The van der Waals surface area contributed by atoms with Crippen molar-refractivity contribution in [3.8, 4) is 5.75 Å². The third-order valence-electron chi connectivity index (χ3n) is 3.85. The van der Waals surface area contributed by atoms with Gasteiger partial charge in [0.2, 0.25) is 0 Å². The van der Waals surface area contributed by atoms with E-state index in [0.717, 1.165) is 36.3 Å². The zero-order valence-electron chi connectivity index (χ0n) is 13.8. The molecular weight excluding hydrogens is 433 g/mol. The zero-order valence-corrected chi connectivity index (χ0v) is 17.0. The second kappa shape index (κ2) is 9.88. The van der Waals surface area contributed by atoms with Crippen LogP contribution in [0.15, 0.2) is 46.1 Å². The molecule has 1 aliphatic carbocycles. The van der Waals surface area contributed by atoms with Gasteiger partial charge in [-0.25, -0.2) is 0 Å². The Balaban J connectivity index is 0.00000208. The lowest BCUT2D eigenvalue weighted by molar-refractivity contribution is 0.296. The van der Waals surface area contributed by atoms with Crippen molar-refractivity contribution in [3.63, 3.8) is 0 Å². The summed E-state index contributed by atoms with van der Waals surface area (Å²) in [6.45, 7) is 2.31. The maximum Gasteiger partial charge on any atom is 0.191 e. The smallest absolute Gasteiger partial charge is 0.191 e. The molecule has 0 amide bonds. The number of halogens is 1. The lowest BCUT2D eigenvalue weighted by atomic mass is 10.2. The molecule has 1 fully saturated rings.